The van der Waals surface area contributed by atoms with Crippen molar-refractivity contribution in [3.8, 4) is 0 Å². The zero-order valence-electron chi connectivity index (χ0n) is 7.99. The van der Waals surface area contributed by atoms with Crippen LogP contribution in [0.25, 0.3) is 10.8 Å². The first-order valence-corrected chi connectivity index (χ1v) is 5.31. The number of benzene rings is 2. The summed E-state index contributed by atoms with van der Waals surface area (Å²) in [6, 6.07) is 13.2. The van der Waals surface area contributed by atoms with Crippen LogP contribution in [0.5, 0.6) is 0 Å². The smallest absolute Gasteiger partial charge is 0.0120 e. The van der Waals surface area contributed by atoms with Gasteiger partial charge < -0.3 is 0 Å². The molecule has 0 heterocycles. The molecule has 0 amide bonds. The Bertz CT molecular complexity index is 426. The fourth-order valence-electron chi connectivity index (χ4n) is 2.19. The third-order valence-corrected chi connectivity index (χ3v) is 2.74. The molecule has 0 N–H and O–H groups in total. The second kappa shape index (κ2) is 4.04. The van der Waals surface area contributed by atoms with E-state index < -0.39 is 0 Å². The van der Waals surface area contributed by atoms with Crippen LogP contribution in [0.2, 0.25) is 0 Å². The molecule has 1 aliphatic carbocycles. The van der Waals surface area contributed by atoms with Crippen molar-refractivity contribution < 1.29 is 3.80 Å². The average Bonchev–Trinajstić information content (AvgIpc) is 2.68. The van der Waals surface area contributed by atoms with Gasteiger partial charge in [0.2, 0.25) is 0 Å². The van der Waals surface area contributed by atoms with Crippen molar-refractivity contribution >= 4 is 27.0 Å². The molecule has 0 bridgehead atoms. The molecule has 2 aromatic carbocycles. The van der Waals surface area contributed by atoms with Gasteiger partial charge in [-0.15, -0.1) is 0 Å². The number of aryl methyl sites for hydroxylation is 2. The van der Waals surface area contributed by atoms with Gasteiger partial charge in [0.1, 0.15) is 0 Å². The van der Waals surface area contributed by atoms with Gasteiger partial charge in [0.25, 0.3) is 0 Å². The SMILES string of the molecule is [O]=[AlH].c1cc2c3c(cccc3c1)CC2. The topological polar surface area (TPSA) is 17.1 Å². The molecule has 0 unspecified atom stereocenters. The Balaban J connectivity index is 0.000000354. The van der Waals surface area contributed by atoms with Gasteiger partial charge in [-0.05, 0) is 34.7 Å². The molecule has 0 aromatic heterocycles. The van der Waals surface area contributed by atoms with Crippen LogP contribution in [0, 0.1) is 0 Å². The molecule has 0 radical (unpaired) electrons. The van der Waals surface area contributed by atoms with Crippen LogP contribution in [0.3, 0.4) is 0 Å². The summed E-state index contributed by atoms with van der Waals surface area (Å²) in [5.74, 6) is 0. The minimum Gasteiger partial charge on any atom is -0.0614 e. The summed E-state index contributed by atoms with van der Waals surface area (Å²) in [5.41, 5.74) is 3.06. The quantitative estimate of drug-likeness (QED) is 0.593. The van der Waals surface area contributed by atoms with Gasteiger partial charge >= 0.3 is 20.0 Å². The normalized spacial score (nSPS) is 12.2. The van der Waals surface area contributed by atoms with Crippen molar-refractivity contribution in [1.29, 1.82) is 0 Å². The van der Waals surface area contributed by atoms with Gasteiger partial charge in [0.05, 0.1) is 0 Å². The molecule has 0 saturated carbocycles. The van der Waals surface area contributed by atoms with Crippen LogP contribution in [0.4, 0.5) is 0 Å². The maximum Gasteiger partial charge on any atom is -0.0120 e. The maximum atomic E-state index is 8.28. The van der Waals surface area contributed by atoms with Crippen LogP contribution in [-0.4, -0.2) is 16.2 Å². The molecule has 0 fully saturated rings. The molecule has 14 heavy (non-hydrogen) atoms. The molecule has 0 atom stereocenters. The van der Waals surface area contributed by atoms with Crippen LogP contribution in [0.15, 0.2) is 36.4 Å². The van der Waals surface area contributed by atoms with Gasteiger partial charge in [-0.25, -0.2) is 0 Å². The van der Waals surface area contributed by atoms with Crippen LogP contribution < -0.4 is 0 Å². The fourth-order valence-corrected chi connectivity index (χ4v) is 2.19. The first-order chi connectivity index (χ1) is 6.95. The van der Waals surface area contributed by atoms with E-state index in [1.54, 1.807) is 0 Å². The molecule has 0 saturated heterocycles. The van der Waals surface area contributed by atoms with Crippen molar-refractivity contribution in [2.75, 3.05) is 0 Å². The molecule has 0 aliphatic heterocycles. The van der Waals surface area contributed by atoms with Gasteiger partial charge in [0.15, 0.2) is 0 Å². The second-order valence-corrected chi connectivity index (χ2v) is 3.43. The average molecular weight is 198 g/mol. The Morgan fingerprint density at radius 2 is 1.36 bits per heavy atom. The number of rotatable bonds is 0. The zero-order valence-corrected chi connectivity index (χ0v) is 9.41. The Kier molecular flexibility index (Phi) is 2.77. The van der Waals surface area contributed by atoms with Crippen molar-refractivity contribution in [3.63, 3.8) is 0 Å². The predicted octanol–water partition coefficient (Wildman–Crippen LogP) is 2.17. The predicted molar refractivity (Wildman–Crippen MR) is 59.2 cm³/mol. The maximum absolute atomic E-state index is 8.28. The van der Waals surface area contributed by atoms with E-state index >= 15 is 0 Å². The molecular weight excluding hydrogens is 187 g/mol. The summed E-state index contributed by atoms with van der Waals surface area (Å²) < 4.78 is 8.28. The van der Waals surface area contributed by atoms with Crippen molar-refractivity contribution in [2.45, 2.75) is 12.8 Å². The monoisotopic (exact) mass is 198 g/mol. The molecular formula is C12H11AlO. The summed E-state index contributed by atoms with van der Waals surface area (Å²) >= 11 is 0.611. The zero-order chi connectivity index (χ0) is 9.97. The van der Waals surface area contributed by atoms with Crippen molar-refractivity contribution in [3.05, 3.63) is 47.5 Å². The van der Waals surface area contributed by atoms with Crippen LogP contribution in [-0.2, 0) is 16.6 Å². The minimum absolute atomic E-state index is 0.611. The minimum atomic E-state index is 0.611. The first-order valence-electron chi connectivity index (χ1n) is 4.73. The van der Waals surface area contributed by atoms with Crippen molar-refractivity contribution in [1.82, 2.24) is 0 Å². The van der Waals surface area contributed by atoms with E-state index in [2.05, 4.69) is 36.4 Å². The van der Waals surface area contributed by atoms with Gasteiger partial charge in [-0.2, -0.15) is 0 Å². The van der Waals surface area contributed by atoms with E-state index in [0.29, 0.717) is 16.2 Å². The molecule has 1 aliphatic rings. The van der Waals surface area contributed by atoms with E-state index in [9.17, 15) is 0 Å². The Morgan fingerprint density at radius 3 is 1.86 bits per heavy atom. The van der Waals surface area contributed by atoms with Crippen molar-refractivity contribution in [2.24, 2.45) is 0 Å². The van der Waals surface area contributed by atoms with Gasteiger partial charge in [-0.1, -0.05) is 36.4 Å². The molecule has 68 valence electrons. The molecule has 0 spiro atoms. The fraction of sp³-hybridized carbons (Fsp3) is 0.167. The third-order valence-electron chi connectivity index (χ3n) is 2.74. The largest absolute Gasteiger partial charge is 0.0614 e. The number of hydrogen-bond acceptors (Lipinski definition) is 1. The summed E-state index contributed by atoms with van der Waals surface area (Å²) in [5, 5.41) is 2.92. The summed E-state index contributed by atoms with van der Waals surface area (Å²) in [6.45, 7) is 0. The molecule has 2 heteroatoms. The van der Waals surface area contributed by atoms with Crippen LogP contribution >= 0.6 is 0 Å². The third kappa shape index (κ3) is 1.41. The van der Waals surface area contributed by atoms with E-state index in [1.807, 2.05) is 0 Å². The summed E-state index contributed by atoms with van der Waals surface area (Å²) in [7, 11) is 0. The summed E-state index contributed by atoms with van der Waals surface area (Å²) in [6.07, 6.45) is 2.47. The second-order valence-electron chi connectivity index (χ2n) is 3.43. The molecule has 3 rings (SSSR count). The Labute approximate surface area is 91.4 Å². The standard InChI is InChI=1S/C12H10.Al.O.H/c1-3-9-4-2-6-11-8-7-10(5-1)12(9)11;;;/h1-6H,7-8H2;;;. The molecule has 1 nitrogen and oxygen atoms in total. The first kappa shape index (κ1) is 9.58. The summed E-state index contributed by atoms with van der Waals surface area (Å²) in [4.78, 5) is 0. The van der Waals surface area contributed by atoms with Gasteiger partial charge in [0, 0.05) is 0 Å². The Hall–Kier alpha value is -0.968. The molecule has 2 aromatic rings. The van der Waals surface area contributed by atoms with E-state index in [1.165, 1.54) is 34.7 Å². The van der Waals surface area contributed by atoms with E-state index in [-0.39, 0.29) is 0 Å². The van der Waals surface area contributed by atoms with Crippen LogP contribution in [0.1, 0.15) is 11.1 Å². The van der Waals surface area contributed by atoms with E-state index in [4.69, 9.17) is 3.80 Å². The van der Waals surface area contributed by atoms with Gasteiger partial charge in [-0.3, -0.25) is 0 Å². The van der Waals surface area contributed by atoms with E-state index in [0.717, 1.165) is 0 Å². The Morgan fingerprint density at radius 1 is 0.857 bits per heavy atom. The number of hydrogen-bond donors (Lipinski definition) is 0.